The number of anilines is 1. The summed E-state index contributed by atoms with van der Waals surface area (Å²) in [6.45, 7) is 3.96. The van der Waals surface area contributed by atoms with Gasteiger partial charge in [0.25, 0.3) is 5.91 Å². The Morgan fingerprint density at radius 1 is 1.29 bits per heavy atom. The first kappa shape index (κ1) is 18.9. The third-order valence-electron chi connectivity index (χ3n) is 4.70. The van der Waals surface area contributed by atoms with Crippen LogP contribution in [0.5, 0.6) is 0 Å². The molecule has 0 spiro atoms. The van der Waals surface area contributed by atoms with Gasteiger partial charge in [0.1, 0.15) is 0 Å². The largest absolute Gasteiger partial charge is 0.452 e. The van der Waals surface area contributed by atoms with Crippen LogP contribution in [0.15, 0.2) is 12.1 Å². The van der Waals surface area contributed by atoms with E-state index in [1.54, 1.807) is 0 Å². The molecule has 132 valence electrons. The Balaban J connectivity index is 1.91. The van der Waals surface area contributed by atoms with E-state index in [1.165, 1.54) is 18.6 Å². The summed E-state index contributed by atoms with van der Waals surface area (Å²) in [6, 6.07) is 2.92. The summed E-state index contributed by atoms with van der Waals surface area (Å²) in [6.07, 6.45) is 3.22. The lowest BCUT2D eigenvalue weighted by molar-refractivity contribution is -0.125. The van der Waals surface area contributed by atoms with Crippen molar-refractivity contribution in [2.24, 2.45) is 11.8 Å². The van der Waals surface area contributed by atoms with Crippen molar-refractivity contribution in [1.29, 1.82) is 0 Å². The van der Waals surface area contributed by atoms with Crippen molar-refractivity contribution in [3.8, 4) is 0 Å². The predicted octanol–water partition coefficient (Wildman–Crippen LogP) is 3.67. The number of ether oxygens (including phenoxy) is 1. The standard InChI is InChI=1S/C17H22Cl2N2O3/c1-9-4-3-5-14(10(9)2)21-15(22)8-24-17(23)12-6-11(18)7-13(19)16(12)20/h6-7,9-10,14H,3-5,8,20H2,1-2H3,(H,21,22)/t9-,10+,14+/m1/s1. The summed E-state index contributed by atoms with van der Waals surface area (Å²) in [5, 5.41) is 3.39. The molecule has 1 fully saturated rings. The number of halogens is 2. The molecule has 24 heavy (non-hydrogen) atoms. The molecule has 1 aromatic rings. The Labute approximate surface area is 151 Å². The molecule has 0 bridgehead atoms. The normalized spacial score (nSPS) is 23.6. The summed E-state index contributed by atoms with van der Waals surface area (Å²) < 4.78 is 5.04. The minimum atomic E-state index is -0.725. The monoisotopic (exact) mass is 372 g/mol. The zero-order valence-electron chi connectivity index (χ0n) is 13.8. The highest BCUT2D eigenvalue weighted by molar-refractivity contribution is 6.37. The number of hydrogen-bond donors (Lipinski definition) is 2. The second kappa shape index (κ2) is 8.08. The molecule has 0 radical (unpaired) electrons. The fourth-order valence-corrected chi connectivity index (χ4v) is 3.49. The van der Waals surface area contributed by atoms with Crippen molar-refractivity contribution in [3.63, 3.8) is 0 Å². The van der Waals surface area contributed by atoms with E-state index in [-0.39, 0.29) is 39.9 Å². The van der Waals surface area contributed by atoms with Crippen LogP contribution in [0.2, 0.25) is 10.0 Å². The van der Waals surface area contributed by atoms with Crippen LogP contribution in [0, 0.1) is 11.8 Å². The van der Waals surface area contributed by atoms with Gasteiger partial charge in [0, 0.05) is 11.1 Å². The Morgan fingerprint density at radius 2 is 2.00 bits per heavy atom. The fraction of sp³-hybridized carbons (Fsp3) is 0.529. The zero-order valence-corrected chi connectivity index (χ0v) is 15.3. The van der Waals surface area contributed by atoms with E-state index < -0.39 is 5.97 Å². The third kappa shape index (κ3) is 4.54. The van der Waals surface area contributed by atoms with Gasteiger partial charge >= 0.3 is 5.97 Å². The van der Waals surface area contributed by atoms with E-state index in [2.05, 4.69) is 19.2 Å². The number of nitrogens with two attached hydrogens (primary N) is 1. The van der Waals surface area contributed by atoms with Gasteiger partial charge in [-0.3, -0.25) is 4.79 Å². The number of nitrogens with one attached hydrogen (secondary N) is 1. The average molecular weight is 373 g/mol. The molecule has 3 atom stereocenters. The van der Waals surface area contributed by atoms with Crippen LogP contribution in [0.3, 0.4) is 0 Å². The lowest BCUT2D eigenvalue weighted by atomic mass is 9.78. The summed E-state index contributed by atoms with van der Waals surface area (Å²) in [5.41, 5.74) is 5.89. The summed E-state index contributed by atoms with van der Waals surface area (Å²) in [5.74, 6) is -0.0705. The van der Waals surface area contributed by atoms with Gasteiger partial charge in [-0.15, -0.1) is 0 Å². The van der Waals surface area contributed by atoms with Crippen LogP contribution in [-0.2, 0) is 9.53 Å². The molecule has 1 amide bonds. The van der Waals surface area contributed by atoms with Crippen LogP contribution in [0.25, 0.3) is 0 Å². The highest BCUT2D eigenvalue weighted by atomic mass is 35.5. The second-order valence-corrected chi connectivity index (χ2v) is 7.21. The summed E-state index contributed by atoms with van der Waals surface area (Å²) in [7, 11) is 0. The molecule has 1 aromatic carbocycles. The van der Waals surface area contributed by atoms with Gasteiger partial charge in [-0.25, -0.2) is 4.79 Å². The molecule has 0 saturated heterocycles. The number of carbonyl (C=O) groups is 2. The van der Waals surface area contributed by atoms with Gasteiger partial charge < -0.3 is 15.8 Å². The third-order valence-corrected chi connectivity index (χ3v) is 5.23. The van der Waals surface area contributed by atoms with Crippen molar-refractivity contribution >= 4 is 40.8 Å². The number of hydrogen-bond acceptors (Lipinski definition) is 4. The van der Waals surface area contributed by atoms with E-state index in [0.717, 1.165) is 12.8 Å². The Morgan fingerprint density at radius 3 is 2.71 bits per heavy atom. The van der Waals surface area contributed by atoms with Crippen LogP contribution in [0.1, 0.15) is 43.5 Å². The first-order valence-electron chi connectivity index (χ1n) is 8.00. The van der Waals surface area contributed by atoms with Gasteiger partial charge in [0.2, 0.25) is 0 Å². The van der Waals surface area contributed by atoms with Gasteiger partial charge in [0.15, 0.2) is 6.61 Å². The molecule has 2 rings (SSSR count). The number of amides is 1. The van der Waals surface area contributed by atoms with Gasteiger partial charge in [-0.1, -0.05) is 49.9 Å². The molecular weight excluding hydrogens is 351 g/mol. The van der Waals surface area contributed by atoms with Gasteiger partial charge in [0.05, 0.1) is 16.3 Å². The maximum absolute atomic E-state index is 12.1. The van der Waals surface area contributed by atoms with Gasteiger partial charge in [-0.2, -0.15) is 0 Å². The Kier molecular flexibility index (Phi) is 6.35. The Hall–Kier alpha value is -1.46. The van der Waals surface area contributed by atoms with Crippen molar-refractivity contribution < 1.29 is 14.3 Å². The zero-order chi connectivity index (χ0) is 17.9. The smallest absolute Gasteiger partial charge is 0.340 e. The van der Waals surface area contributed by atoms with Crippen LogP contribution in [-0.4, -0.2) is 24.5 Å². The first-order chi connectivity index (χ1) is 11.3. The van der Waals surface area contributed by atoms with Crippen LogP contribution < -0.4 is 11.1 Å². The second-order valence-electron chi connectivity index (χ2n) is 6.37. The minimum Gasteiger partial charge on any atom is -0.452 e. The van der Waals surface area contributed by atoms with E-state index in [9.17, 15) is 9.59 Å². The summed E-state index contributed by atoms with van der Waals surface area (Å²) >= 11 is 11.7. The highest BCUT2D eigenvalue weighted by Gasteiger charge is 2.28. The topological polar surface area (TPSA) is 81.4 Å². The van der Waals surface area contributed by atoms with Crippen molar-refractivity contribution in [2.75, 3.05) is 12.3 Å². The number of nitrogen functional groups attached to an aromatic ring is 1. The molecule has 1 saturated carbocycles. The van der Waals surface area contributed by atoms with Crippen LogP contribution in [0.4, 0.5) is 5.69 Å². The average Bonchev–Trinajstić information content (AvgIpc) is 2.53. The lowest BCUT2D eigenvalue weighted by Gasteiger charge is -2.34. The highest BCUT2D eigenvalue weighted by Crippen LogP contribution is 2.30. The molecule has 1 aliphatic rings. The van der Waals surface area contributed by atoms with E-state index >= 15 is 0 Å². The molecule has 0 unspecified atom stereocenters. The van der Waals surface area contributed by atoms with E-state index in [0.29, 0.717) is 11.8 Å². The number of carbonyl (C=O) groups excluding carboxylic acids is 2. The fourth-order valence-electron chi connectivity index (χ4n) is 3.00. The van der Waals surface area contributed by atoms with Crippen molar-refractivity contribution in [2.45, 2.75) is 39.2 Å². The molecule has 1 aliphatic carbocycles. The minimum absolute atomic E-state index is 0.0555. The molecule has 0 aliphatic heterocycles. The predicted molar refractivity (Wildman–Crippen MR) is 95.3 cm³/mol. The molecule has 0 heterocycles. The first-order valence-corrected chi connectivity index (χ1v) is 8.76. The van der Waals surface area contributed by atoms with E-state index in [1.807, 2.05) is 0 Å². The number of benzene rings is 1. The molecule has 7 heteroatoms. The SMILES string of the molecule is C[C@H]1[C@H](C)CCC[C@@H]1NC(=O)COC(=O)c1cc(Cl)cc(Cl)c1N. The maximum atomic E-state index is 12.1. The van der Waals surface area contributed by atoms with E-state index in [4.69, 9.17) is 33.7 Å². The van der Waals surface area contributed by atoms with Crippen LogP contribution >= 0.6 is 23.2 Å². The van der Waals surface area contributed by atoms with Crippen molar-refractivity contribution in [1.82, 2.24) is 5.32 Å². The number of rotatable bonds is 4. The summed E-state index contributed by atoms with van der Waals surface area (Å²) in [4.78, 5) is 24.1. The molecule has 5 nitrogen and oxygen atoms in total. The molecule has 0 aromatic heterocycles. The van der Waals surface area contributed by atoms with Crippen molar-refractivity contribution in [3.05, 3.63) is 27.7 Å². The Bertz CT molecular complexity index is 637. The van der Waals surface area contributed by atoms with Gasteiger partial charge in [-0.05, 0) is 30.4 Å². The maximum Gasteiger partial charge on any atom is 0.340 e. The molecular formula is C17H22Cl2N2O3. The lowest BCUT2D eigenvalue weighted by Crippen LogP contribution is -2.45. The molecule has 3 N–H and O–H groups in total. The quantitative estimate of drug-likeness (QED) is 0.623. The number of esters is 1.